The largest absolute Gasteiger partial charge is 0.383 e. The van der Waals surface area contributed by atoms with Crippen LogP contribution in [-0.2, 0) is 11.2 Å². The van der Waals surface area contributed by atoms with E-state index in [1.54, 1.807) is 13.3 Å². The fourth-order valence-corrected chi connectivity index (χ4v) is 2.60. The van der Waals surface area contributed by atoms with Crippen molar-refractivity contribution in [2.24, 2.45) is 5.41 Å². The second kappa shape index (κ2) is 8.51. The number of aromatic nitrogens is 1. The average molecular weight is 285 g/mol. The molecule has 0 aromatic carbocycles. The van der Waals surface area contributed by atoms with Crippen molar-refractivity contribution < 1.29 is 4.74 Å². The summed E-state index contributed by atoms with van der Waals surface area (Å²) in [7, 11) is 1.73. The first-order valence-electron chi connectivity index (χ1n) is 6.89. The molecule has 0 radical (unpaired) electrons. The van der Waals surface area contributed by atoms with Crippen molar-refractivity contribution >= 4 is 11.6 Å². The second-order valence-corrected chi connectivity index (χ2v) is 5.78. The quantitative estimate of drug-likeness (QED) is 0.707. The maximum absolute atomic E-state index is 6.21. The van der Waals surface area contributed by atoms with Crippen LogP contribution in [0, 0.1) is 5.41 Å². The molecule has 1 aromatic heterocycles. The van der Waals surface area contributed by atoms with Crippen molar-refractivity contribution in [3.63, 3.8) is 0 Å². The Morgan fingerprint density at radius 1 is 1.47 bits per heavy atom. The van der Waals surface area contributed by atoms with E-state index in [0.717, 1.165) is 31.1 Å². The predicted octanol–water partition coefficient (Wildman–Crippen LogP) is 3.32. The highest BCUT2D eigenvalue weighted by Crippen LogP contribution is 2.30. The summed E-state index contributed by atoms with van der Waals surface area (Å²) in [5.74, 6) is 0. The molecular formula is C15H25ClN2O. The van der Waals surface area contributed by atoms with E-state index in [2.05, 4.69) is 24.1 Å². The van der Waals surface area contributed by atoms with Gasteiger partial charge in [-0.05, 0) is 29.9 Å². The van der Waals surface area contributed by atoms with Crippen LogP contribution in [0.1, 0.15) is 32.3 Å². The fourth-order valence-electron chi connectivity index (χ4n) is 2.41. The van der Waals surface area contributed by atoms with E-state index in [1.807, 2.05) is 12.3 Å². The Labute approximate surface area is 121 Å². The molecule has 3 nitrogen and oxygen atoms in total. The highest BCUT2D eigenvalue weighted by atomic mass is 35.5. The summed E-state index contributed by atoms with van der Waals surface area (Å²) in [4.78, 5) is 4.04. The molecule has 1 atom stereocenters. The number of hydrogen-bond donors (Lipinski definition) is 1. The smallest absolute Gasteiger partial charge is 0.0621 e. The van der Waals surface area contributed by atoms with E-state index in [-0.39, 0.29) is 5.41 Å². The minimum atomic E-state index is 0.216. The molecule has 1 rings (SSSR count). The molecular weight excluding hydrogens is 260 g/mol. The van der Waals surface area contributed by atoms with Gasteiger partial charge in [0.1, 0.15) is 0 Å². The predicted molar refractivity (Wildman–Crippen MR) is 80.7 cm³/mol. The lowest BCUT2D eigenvalue weighted by molar-refractivity contribution is 0.190. The number of ether oxygens (including phenoxy) is 1. The third-order valence-corrected chi connectivity index (χ3v) is 3.70. The Kier molecular flexibility index (Phi) is 7.36. The second-order valence-electron chi connectivity index (χ2n) is 5.37. The van der Waals surface area contributed by atoms with Gasteiger partial charge in [-0.1, -0.05) is 31.9 Å². The van der Waals surface area contributed by atoms with Gasteiger partial charge >= 0.3 is 0 Å². The normalized spacial score (nSPS) is 14.3. The van der Waals surface area contributed by atoms with Crippen LogP contribution in [-0.4, -0.2) is 31.8 Å². The maximum atomic E-state index is 6.21. The Bertz CT molecular complexity index is 373. The van der Waals surface area contributed by atoms with E-state index in [1.165, 1.54) is 18.4 Å². The molecule has 1 heterocycles. The molecule has 1 aromatic rings. The third-order valence-electron chi connectivity index (χ3n) is 3.36. The van der Waals surface area contributed by atoms with Gasteiger partial charge in [-0.25, -0.2) is 0 Å². The molecule has 1 N–H and O–H groups in total. The van der Waals surface area contributed by atoms with Crippen molar-refractivity contribution in [2.75, 3.05) is 26.8 Å². The minimum absolute atomic E-state index is 0.216. The van der Waals surface area contributed by atoms with Crippen LogP contribution in [0.3, 0.4) is 0 Å². The summed E-state index contributed by atoms with van der Waals surface area (Å²) in [5, 5.41) is 4.23. The van der Waals surface area contributed by atoms with Gasteiger partial charge in [-0.3, -0.25) is 4.98 Å². The molecule has 4 heteroatoms. The van der Waals surface area contributed by atoms with E-state index in [4.69, 9.17) is 16.3 Å². The van der Waals surface area contributed by atoms with Gasteiger partial charge in [0, 0.05) is 32.6 Å². The fraction of sp³-hybridized carbons (Fsp3) is 0.667. The monoisotopic (exact) mass is 284 g/mol. The molecule has 0 saturated carbocycles. The Morgan fingerprint density at radius 3 is 2.89 bits per heavy atom. The van der Waals surface area contributed by atoms with Crippen molar-refractivity contribution in [3.05, 3.63) is 29.0 Å². The summed E-state index contributed by atoms with van der Waals surface area (Å²) < 4.78 is 5.06. The zero-order chi connectivity index (χ0) is 14.1. The lowest BCUT2D eigenvalue weighted by atomic mass is 9.80. The molecule has 1 unspecified atom stereocenters. The average Bonchev–Trinajstić information content (AvgIpc) is 2.38. The third kappa shape index (κ3) is 5.89. The maximum Gasteiger partial charge on any atom is 0.0621 e. The van der Waals surface area contributed by atoms with Crippen molar-refractivity contribution in [2.45, 2.75) is 33.1 Å². The van der Waals surface area contributed by atoms with Crippen molar-refractivity contribution in [3.8, 4) is 0 Å². The molecule has 0 spiro atoms. The molecule has 0 bridgehead atoms. The van der Waals surface area contributed by atoms with Crippen LogP contribution in [0.25, 0.3) is 0 Å². The lowest BCUT2D eigenvalue weighted by Gasteiger charge is -2.30. The zero-order valence-corrected chi connectivity index (χ0v) is 13.0. The number of nitrogens with zero attached hydrogens (tertiary/aromatic N) is 1. The van der Waals surface area contributed by atoms with Gasteiger partial charge < -0.3 is 10.1 Å². The van der Waals surface area contributed by atoms with Crippen molar-refractivity contribution in [1.82, 2.24) is 10.3 Å². The summed E-state index contributed by atoms with van der Waals surface area (Å²) in [6.45, 7) is 7.15. The zero-order valence-electron chi connectivity index (χ0n) is 12.2. The molecule has 0 aliphatic heterocycles. The number of pyridine rings is 1. The Hall–Kier alpha value is -0.640. The van der Waals surface area contributed by atoms with Crippen LogP contribution in [0.15, 0.2) is 18.5 Å². The van der Waals surface area contributed by atoms with E-state index < -0.39 is 0 Å². The molecule has 0 fully saturated rings. The van der Waals surface area contributed by atoms with Crippen LogP contribution in [0.4, 0.5) is 0 Å². The van der Waals surface area contributed by atoms with E-state index in [0.29, 0.717) is 0 Å². The molecule has 108 valence electrons. The van der Waals surface area contributed by atoms with Gasteiger partial charge in [-0.2, -0.15) is 0 Å². The van der Waals surface area contributed by atoms with Crippen LogP contribution < -0.4 is 5.32 Å². The number of halogens is 1. The summed E-state index contributed by atoms with van der Waals surface area (Å²) in [5.41, 5.74) is 1.40. The first-order valence-corrected chi connectivity index (χ1v) is 7.27. The first kappa shape index (κ1) is 16.4. The molecule has 0 saturated heterocycles. The van der Waals surface area contributed by atoms with Crippen LogP contribution in [0.2, 0.25) is 5.02 Å². The number of methoxy groups -OCH3 is 1. The number of nitrogens with one attached hydrogen (secondary N) is 1. The van der Waals surface area contributed by atoms with E-state index >= 15 is 0 Å². The minimum Gasteiger partial charge on any atom is -0.383 e. The first-order chi connectivity index (χ1) is 9.11. The van der Waals surface area contributed by atoms with Crippen molar-refractivity contribution in [1.29, 1.82) is 0 Å². The topological polar surface area (TPSA) is 34.1 Å². The lowest BCUT2D eigenvalue weighted by Crippen LogP contribution is -2.35. The highest BCUT2D eigenvalue weighted by Gasteiger charge is 2.24. The molecule has 0 amide bonds. The SMILES string of the molecule is CCCC(C)(CNCCOC)Cc1ccncc1Cl. The standard InChI is InChI=1S/C15H25ClN2O/c1-4-6-15(2,12-18-8-9-19-3)10-13-5-7-17-11-14(13)16/h5,7,11,18H,4,6,8-10,12H2,1-3H3. The highest BCUT2D eigenvalue weighted by molar-refractivity contribution is 6.31. The Morgan fingerprint density at radius 2 is 2.26 bits per heavy atom. The summed E-state index contributed by atoms with van der Waals surface area (Å²) in [6, 6.07) is 2.02. The van der Waals surface area contributed by atoms with Crippen LogP contribution in [0.5, 0.6) is 0 Å². The van der Waals surface area contributed by atoms with Crippen LogP contribution >= 0.6 is 11.6 Å². The Balaban J connectivity index is 2.62. The van der Waals surface area contributed by atoms with Gasteiger partial charge in [0.05, 0.1) is 11.6 Å². The number of rotatable bonds is 9. The van der Waals surface area contributed by atoms with E-state index in [9.17, 15) is 0 Å². The number of hydrogen-bond acceptors (Lipinski definition) is 3. The van der Waals surface area contributed by atoms with Gasteiger partial charge in [0.2, 0.25) is 0 Å². The van der Waals surface area contributed by atoms with Gasteiger partial charge in [-0.15, -0.1) is 0 Å². The molecule has 19 heavy (non-hydrogen) atoms. The van der Waals surface area contributed by atoms with Gasteiger partial charge in [0.15, 0.2) is 0 Å². The summed E-state index contributed by atoms with van der Waals surface area (Å²) in [6.07, 6.45) is 6.85. The molecule has 0 aliphatic carbocycles. The van der Waals surface area contributed by atoms with Gasteiger partial charge in [0.25, 0.3) is 0 Å². The summed E-state index contributed by atoms with van der Waals surface area (Å²) >= 11 is 6.21. The molecule has 0 aliphatic rings.